The molecule has 2 N–H and O–H groups in total. The molecule has 0 fully saturated rings. The molecule has 1 unspecified atom stereocenters. The highest BCUT2D eigenvalue weighted by molar-refractivity contribution is 5.84. The molecule has 100 valence electrons. The zero-order valence-electron chi connectivity index (χ0n) is 10.2. The van der Waals surface area contributed by atoms with Gasteiger partial charge in [0.25, 0.3) is 0 Å². The van der Waals surface area contributed by atoms with Gasteiger partial charge < -0.3 is 20.0 Å². The second-order valence-electron chi connectivity index (χ2n) is 3.84. The van der Waals surface area contributed by atoms with Crippen molar-refractivity contribution in [2.45, 2.75) is 6.92 Å². The van der Waals surface area contributed by atoms with Gasteiger partial charge in [-0.3, -0.25) is 9.59 Å². The summed E-state index contributed by atoms with van der Waals surface area (Å²) in [4.78, 5) is 34.7. The van der Waals surface area contributed by atoms with Crippen molar-refractivity contribution in [2.75, 3.05) is 26.7 Å². The first kappa shape index (κ1) is 15.7. The molecule has 8 nitrogen and oxygen atoms in total. The average Bonchev–Trinajstić information content (AvgIpc) is 2.25. The van der Waals surface area contributed by atoms with Crippen LogP contribution in [0.3, 0.4) is 0 Å². The first-order valence-corrected chi connectivity index (χ1v) is 5.11. The summed E-state index contributed by atoms with van der Waals surface area (Å²) in [6.45, 7) is 0.306. The highest BCUT2D eigenvalue weighted by Gasteiger charge is 2.23. The molecular weight excluding hydrogens is 242 g/mol. The minimum atomic E-state index is -1.30. The largest absolute Gasteiger partial charge is 0.480 e. The second-order valence-corrected chi connectivity index (χ2v) is 3.84. The Kier molecular flexibility index (Phi) is 6.20. The molecule has 0 aromatic carbocycles. The molecule has 0 bridgehead atoms. The van der Waals surface area contributed by atoms with Crippen molar-refractivity contribution in [2.24, 2.45) is 5.92 Å². The zero-order valence-corrected chi connectivity index (χ0v) is 10.2. The number of carbonyl (C=O) groups excluding carboxylic acids is 1. The van der Waals surface area contributed by atoms with Crippen LogP contribution >= 0.6 is 0 Å². The van der Waals surface area contributed by atoms with Gasteiger partial charge in [0, 0.05) is 13.6 Å². The van der Waals surface area contributed by atoms with Crippen LogP contribution in [0.25, 0.3) is 0 Å². The van der Waals surface area contributed by atoms with Gasteiger partial charge in [-0.05, 0) is 6.92 Å². The first-order valence-electron chi connectivity index (χ1n) is 5.11. The Hall–Kier alpha value is -2.30. The molecule has 1 atom stereocenters. The van der Waals surface area contributed by atoms with E-state index >= 15 is 0 Å². The van der Waals surface area contributed by atoms with E-state index < -0.39 is 37.0 Å². The van der Waals surface area contributed by atoms with Crippen molar-refractivity contribution < 1.29 is 24.6 Å². The van der Waals surface area contributed by atoms with E-state index in [0.29, 0.717) is 4.90 Å². The Labute approximate surface area is 104 Å². The van der Waals surface area contributed by atoms with Gasteiger partial charge >= 0.3 is 18.0 Å². The minimum Gasteiger partial charge on any atom is -0.480 e. The van der Waals surface area contributed by atoms with E-state index in [1.807, 2.05) is 6.07 Å². The van der Waals surface area contributed by atoms with Crippen LogP contribution in [-0.2, 0) is 9.59 Å². The molecule has 0 aromatic rings. The third-order valence-corrected chi connectivity index (χ3v) is 2.02. The molecule has 0 saturated carbocycles. The fourth-order valence-corrected chi connectivity index (χ4v) is 1.29. The van der Waals surface area contributed by atoms with Crippen LogP contribution in [0.2, 0.25) is 0 Å². The fraction of sp³-hybridized carbons (Fsp3) is 0.600. The number of carboxylic acid groups (broad SMARTS) is 2. The van der Waals surface area contributed by atoms with Crippen molar-refractivity contribution in [3.05, 3.63) is 0 Å². The number of urea groups is 1. The molecular formula is C10H15N3O5. The summed E-state index contributed by atoms with van der Waals surface area (Å²) in [5.74, 6) is -3.02. The van der Waals surface area contributed by atoms with Gasteiger partial charge in [-0.15, -0.1) is 0 Å². The molecule has 0 aromatic heterocycles. The van der Waals surface area contributed by atoms with Gasteiger partial charge in [0.05, 0.1) is 12.0 Å². The Morgan fingerprint density at radius 3 is 2.00 bits per heavy atom. The van der Waals surface area contributed by atoms with Crippen LogP contribution in [0.4, 0.5) is 4.79 Å². The molecule has 0 saturated heterocycles. The van der Waals surface area contributed by atoms with E-state index in [0.717, 1.165) is 4.90 Å². The predicted molar refractivity (Wildman–Crippen MR) is 59.6 cm³/mol. The highest BCUT2D eigenvalue weighted by Crippen LogP contribution is 2.02. The first-order chi connectivity index (χ1) is 8.27. The summed E-state index contributed by atoms with van der Waals surface area (Å²) in [7, 11) is 1.38. The maximum Gasteiger partial charge on any atom is 0.323 e. The lowest BCUT2D eigenvalue weighted by atomic mass is 10.2. The molecule has 0 aliphatic carbocycles. The van der Waals surface area contributed by atoms with Gasteiger partial charge in [0.15, 0.2) is 0 Å². The van der Waals surface area contributed by atoms with Crippen molar-refractivity contribution in [1.82, 2.24) is 9.80 Å². The van der Waals surface area contributed by atoms with Gasteiger partial charge in [-0.25, -0.2) is 4.79 Å². The number of aliphatic carboxylic acids is 2. The molecule has 0 heterocycles. The molecule has 0 aliphatic rings. The van der Waals surface area contributed by atoms with E-state index in [1.54, 1.807) is 6.92 Å². The summed E-state index contributed by atoms with van der Waals surface area (Å²) < 4.78 is 0. The standard InChI is InChI=1S/C10H15N3O5/c1-7(3-11)4-12(2)10(18)13(5-8(14)15)6-9(16)17/h7H,4-6H2,1-2H3,(H,14,15)(H,16,17). The molecule has 8 heteroatoms. The van der Waals surface area contributed by atoms with E-state index in [1.165, 1.54) is 7.05 Å². The van der Waals surface area contributed by atoms with E-state index in [2.05, 4.69) is 0 Å². The van der Waals surface area contributed by atoms with Crippen LogP contribution in [0, 0.1) is 17.2 Å². The summed E-state index contributed by atoms with van der Waals surface area (Å²) in [5.41, 5.74) is 0. The lowest BCUT2D eigenvalue weighted by Crippen LogP contribution is -2.47. The molecule has 0 radical (unpaired) electrons. The summed E-state index contributed by atoms with van der Waals surface area (Å²) in [6, 6.07) is 1.19. The van der Waals surface area contributed by atoms with Gasteiger partial charge in [-0.2, -0.15) is 5.26 Å². The monoisotopic (exact) mass is 257 g/mol. The number of hydrogen-bond donors (Lipinski definition) is 2. The van der Waals surface area contributed by atoms with Gasteiger partial charge in [0.1, 0.15) is 13.1 Å². The summed E-state index contributed by atoms with van der Waals surface area (Å²) in [5, 5.41) is 25.8. The van der Waals surface area contributed by atoms with Gasteiger partial charge in [0.2, 0.25) is 0 Å². The fourth-order valence-electron chi connectivity index (χ4n) is 1.29. The second kappa shape index (κ2) is 7.11. The van der Waals surface area contributed by atoms with Gasteiger partial charge in [-0.1, -0.05) is 0 Å². The number of nitrogens with zero attached hydrogens (tertiary/aromatic N) is 3. The van der Waals surface area contributed by atoms with Crippen LogP contribution in [-0.4, -0.2) is 64.7 Å². The smallest absolute Gasteiger partial charge is 0.323 e. The number of rotatable bonds is 6. The Morgan fingerprint density at radius 2 is 1.67 bits per heavy atom. The Morgan fingerprint density at radius 1 is 1.22 bits per heavy atom. The predicted octanol–water partition coefficient (Wildman–Crippen LogP) is -0.331. The zero-order chi connectivity index (χ0) is 14.3. The van der Waals surface area contributed by atoms with E-state index in [9.17, 15) is 14.4 Å². The maximum absolute atomic E-state index is 11.8. The maximum atomic E-state index is 11.8. The summed E-state index contributed by atoms with van der Waals surface area (Å²) >= 11 is 0. The third kappa shape index (κ3) is 5.69. The topological polar surface area (TPSA) is 122 Å². The number of carboxylic acids is 2. The molecule has 18 heavy (non-hydrogen) atoms. The van der Waals surface area contributed by atoms with Crippen LogP contribution in [0.15, 0.2) is 0 Å². The molecule has 0 rings (SSSR count). The molecule has 2 amide bonds. The van der Waals surface area contributed by atoms with Crippen molar-refractivity contribution in [3.8, 4) is 6.07 Å². The Balaban J connectivity index is 4.68. The van der Waals surface area contributed by atoms with Crippen LogP contribution < -0.4 is 0 Å². The SMILES string of the molecule is CC(C#N)CN(C)C(=O)N(CC(=O)O)CC(=O)O. The van der Waals surface area contributed by atoms with Crippen LogP contribution in [0.5, 0.6) is 0 Å². The lowest BCUT2D eigenvalue weighted by molar-refractivity contribution is -0.140. The van der Waals surface area contributed by atoms with Crippen molar-refractivity contribution in [3.63, 3.8) is 0 Å². The normalized spacial score (nSPS) is 11.2. The molecule has 0 spiro atoms. The summed E-state index contributed by atoms with van der Waals surface area (Å²) in [6.07, 6.45) is 0. The average molecular weight is 257 g/mol. The van der Waals surface area contributed by atoms with Crippen molar-refractivity contribution >= 4 is 18.0 Å². The third-order valence-electron chi connectivity index (χ3n) is 2.02. The quantitative estimate of drug-likeness (QED) is 0.671. The lowest BCUT2D eigenvalue weighted by Gasteiger charge is -2.26. The highest BCUT2D eigenvalue weighted by atomic mass is 16.4. The number of amides is 2. The van der Waals surface area contributed by atoms with Crippen LogP contribution in [0.1, 0.15) is 6.92 Å². The van der Waals surface area contributed by atoms with E-state index in [4.69, 9.17) is 15.5 Å². The van der Waals surface area contributed by atoms with E-state index in [-0.39, 0.29) is 6.54 Å². The number of nitriles is 1. The molecule has 0 aliphatic heterocycles. The minimum absolute atomic E-state index is 0.102. The number of hydrogen-bond acceptors (Lipinski definition) is 4. The number of carbonyl (C=O) groups is 3. The Bertz CT molecular complexity index is 360. The van der Waals surface area contributed by atoms with Crippen molar-refractivity contribution in [1.29, 1.82) is 5.26 Å².